The molecule has 10 rings (SSSR count). The molecule has 5 heteroatoms. The number of nitrogens with zero attached hydrogens (tertiary/aromatic N) is 3. The zero-order valence-electron chi connectivity index (χ0n) is 34.2. The molecule has 294 valence electrons. The molecule has 0 saturated carbocycles. The van der Waals surface area contributed by atoms with Crippen LogP contribution in [-0.4, -0.2) is 31.1 Å². The fraction of sp³-hybridized carbons (Fsp3) is 0. The summed E-state index contributed by atoms with van der Waals surface area (Å²) in [6.45, 7) is 0. The predicted octanol–water partition coefficient (Wildman–Crippen LogP) is 7.63. The number of hydrogen-bond acceptors (Lipinski definition) is 3. The van der Waals surface area contributed by atoms with Crippen molar-refractivity contribution in [3.63, 3.8) is 0 Å². The van der Waals surface area contributed by atoms with E-state index in [9.17, 15) is 0 Å². The van der Waals surface area contributed by atoms with E-state index in [-0.39, 0.29) is 0 Å². The van der Waals surface area contributed by atoms with Crippen molar-refractivity contribution in [3.8, 4) is 34.2 Å². The van der Waals surface area contributed by atoms with E-state index in [4.69, 9.17) is 15.0 Å². The van der Waals surface area contributed by atoms with Crippen molar-refractivity contribution in [1.82, 2.24) is 15.0 Å². The van der Waals surface area contributed by atoms with Crippen molar-refractivity contribution in [2.75, 3.05) is 0 Å². The van der Waals surface area contributed by atoms with Gasteiger partial charge in [-0.1, -0.05) is 261 Å². The third-order valence-electron chi connectivity index (χ3n) is 12.0. The zero-order chi connectivity index (χ0) is 41.6. The summed E-state index contributed by atoms with van der Waals surface area (Å²) >= 11 is 0. The molecule has 3 nitrogen and oxygen atoms in total. The van der Waals surface area contributed by atoms with Crippen LogP contribution in [0.1, 0.15) is 0 Å². The van der Waals surface area contributed by atoms with Crippen LogP contribution in [0.15, 0.2) is 261 Å². The van der Waals surface area contributed by atoms with Crippen LogP contribution in [0.5, 0.6) is 0 Å². The van der Waals surface area contributed by atoms with E-state index in [0.29, 0.717) is 17.5 Å². The fourth-order valence-corrected chi connectivity index (χ4v) is 19.5. The lowest BCUT2D eigenvalue weighted by molar-refractivity contribution is 1.08. The van der Waals surface area contributed by atoms with Crippen molar-refractivity contribution in [2.45, 2.75) is 0 Å². The Hall–Kier alpha value is -7.58. The van der Waals surface area contributed by atoms with Gasteiger partial charge >= 0.3 is 0 Å². The van der Waals surface area contributed by atoms with Gasteiger partial charge in [0.05, 0.1) is 0 Å². The second-order valence-electron chi connectivity index (χ2n) is 15.5. The van der Waals surface area contributed by atoms with E-state index in [1.165, 1.54) is 41.5 Å². The first-order valence-corrected chi connectivity index (χ1v) is 25.1. The van der Waals surface area contributed by atoms with Crippen LogP contribution in [0.3, 0.4) is 0 Å². The predicted molar refractivity (Wildman–Crippen MR) is 263 cm³/mol. The van der Waals surface area contributed by atoms with Gasteiger partial charge in [-0.05, 0) is 41.5 Å². The van der Waals surface area contributed by atoms with Crippen LogP contribution < -0.4 is 41.5 Å². The molecule has 0 spiro atoms. The Labute approximate surface area is 365 Å². The summed E-state index contributed by atoms with van der Waals surface area (Å²) in [5.74, 6) is 1.92. The van der Waals surface area contributed by atoms with E-state index in [1.54, 1.807) is 0 Å². The average molecular weight is 826 g/mol. The second kappa shape index (κ2) is 17.2. The molecule has 1 heterocycles. The molecule has 9 aromatic carbocycles. The van der Waals surface area contributed by atoms with Crippen molar-refractivity contribution >= 4 is 57.6 Å². The molecular weight excluding hydrogens is 783 g/mol. The first kappa shape index (κ1) is 38.6. The maximum atomic E-state index is 5.63. The number of hydrogen-bond donors (Lipinski definition) is 0. The molecule has 0 aliphatic rings. The van der Waals surface area contributed by atoms with E-state index in [0.717, 1.165) is 16.7 Å². The van der Waals surface area contributed by atoms with Crippen molar-refractivity contribution in [1.29, 1.82) is 0 Å². The minimum atomic E-state index is -3.21. The highest BCUT2D eigenvalue weighted by atomic mass is 28.3. The van der Waals surface area contributed by atoms with Crippen LogP contribution in [0, 0.1) is 0 Å². The smallest absolute Gasteiger partial charge is 0.180 e. The van der Waals surface area contributed by atoms with Gasteiger partial charge in [0.2, 0.25) is 0 Å². The first-order chi connectivity index (χ1) is 30.8. The Kier molecular flexibility index (Phi) is 10.7. The molecule has 0 amide bonds. The Balaban J connectivity index is 1.46. The average Bonchev–Trinajstić information content (AvgIpc) is 3.37. The largest absolute Gasteiger partial charge is 0.208 e. The summed E-state index contributed by atoms with van der Waals surface area (Å²) in [5.41, 5.74) is 2.92. The van der Waals surface area contributed by atoms with Crippen LogP contribution in [-0.2, 0) is 0 Å². The van der Waals surface area contributed by atoms with Crippen LogP contribution in [0.4, 0.5) is 0 Å². The highest BCUT2D eigenvalue weighted by Gasteiger charge is 2.48. The maximum absolute atomic E-state index is 5.63. The minimum absolute atomic E-state index is 0.632. The molecular formula is C57H43N3Si2. The number of aromatic nitrogens is 3. The number of rotatable bonds is 11. The maximum Gasteiger partial charge on any atom is 0.180 e. The Morgan fingerprint density at radius 2 is 0.435 bits per heavy atom. The molecule has 0 saturated heterocycles. The van der Waals surface area contributed by atoms with Gasteiger partial charge in [0, 0.05) is 16.7 Å². The van der Waals surface area contributed by atoms with Crippen molar-refractivity contribution in [3.05, 3.63) is 261 Å². The summed E-state index contributed by atoms with van der Waals surface area (Å²) < 4.78 is 0. The monoisotopic (exact) mass is 825 g/mol. The molecule has 0 aliphatic carbocycles. The highest BCUT2D eigenvalue weighted by molar-refractivity contribution is 7.23. The van der Waals surface area contributed by atoms with Gasteiger partial charge in [-0.25, -0.2) is 15.0 Å². The third-order valence-corrected chi connectivity index (χ3v) is 21.7. The van der Waals surface area contributed by atoms with Gasteiger partial charge < -0.3 is 0 Å². The Bertz CT molecular complexity index is 2630. The van der Waals surface area contributed by atoms with E-state index < -0.39 is 16.1 Å². The third kappa shape index (κ3) is 6.83. The molecule has 0 bridgehead atoms. The quantitative estimate of drug-likeness (QED) is 0.0996. The van der Waals surface area contributed by atoms with Crippen molar-refractivity contribution in [2.24, 2.45) is 0 Å². The first-order valence-electron chi connectivity index (χ1n) is 21.1. The molecule has 0 radical (unpaired) electrons. The van der Waals surface area contributed by atoms with Crippen LogP contribution in [0.25, 0.3) is 34.2 Å². The highest BCUT2D eigenvalue weighted by Crippen LogP contribution is 2.27. The van der Waals surface area contributed by atoms with Gasteiger partial charge in [0.1, 0.15) is 0 Å². The zero-order valence-corrected chi connectivity index (χ0v) is 36.2. The molecule has 0 atom stereocenters. The summed E-state index contributed by atoms with van der Waals surface area (Å²) in [6.07, 6.45) is 0. The normalized spacial score (nSPS) is 11.5. The lowest BCUT2D eigenvalue weighted by Gasteiger charge is -2.40. The minimum Gasteiger partial charge on any atom is -0.208 e. The molecule has 0 aliphatic heterocycles. The number of benzene rings is 9. The van der Waals surface area contributed by atoms with Crippen LogP contribution >= 0.6 is 0 Å². The lowest BCUT2D eigenvalue weighted by atomic mass is 10.1. The SMILES string of the molecule is c1ccc(-c2nc(-c3ccccc3)nc(-c3c([Si](c4ccccc4)(c4ccccc4)c4ccccc4)cccc3[Si](c3ccccc3)(c3ccccc3)c3ccccc3)n2)cc1. The van der Waals surface area contributed by atoms with Gasteiger partial charge in [-0.3, -0.25) is 0 Å². The summed E-state index contributed by atoms with van der Waals surface area (Å²) in [6, 6.07) is 94.7. The standard InChI is InChI=1S/C57H43N3Si2/c1-9-26-44(27-10-1)55-58-56(45-28-11-2-12-29-45)60-57(59-55)54-52(61(46-30-13-3-14-31-46,47-32-15-4-16-33-47)48-34-17-5-18-35-48)42-25-43-53(54)62(49-36-19-6-20-37-49,50-38-21-7-22-39-50)51-40-23-8-24-41-51/h1-43H. The van der Waals surface area contributed by atoms with Gasteiger partial charge in [0.25, 0.3) is 0 Å². The second-order valence-corrected chi connectivity index (χ2v) is 23.0. The summed E-state index contributed by atoms with van der Waals surface area (Å²) in [4.78, 5) is 16.5. The Morgan fingerprint density at radius 1 is 0.210 bits per heavy atom. The molecule has 0 unspecified atom stereocenters. The Morgan fingerprint density at radius 3 is 0.694 bits per heavy atom. The lowest BCUT2D eigenvalue weighted by Crippen LogP contribution is -2.78. The molecule has 62 heavy (non-hydrogen) atoms. The van der Waals surface area contributed by atoms with E-state index in [2.05, 4.69) is 249 Å². The van der Waals surface area contributed by atoms with Crippen LogP contribution in [0.2, 0.25) is 0 Å². The molecule has 0 fully saturated rings. The van der Waals surface area contributed by atoms with Gasteiger partial charge in [-0.15, -0.1) is 0 Å². The molecule has 1 aromatic heterocycles. The topological polar surface area (TPSA) is 38.7 Å². The fourth-order valence-electron chi connectivity index (χ4n) is 9.40. The summed E-state index contributed by atoms with van der Waals surface area (Å²) in [7, 11) is -6.42. The van der Waals surface area contributed by atoms with Gasteiger partial charge in [-0.2, -0.15) is 0 Å². The molecule has 0 N–H and O–H groups in total. The molecule has 10 aromatic rings. The van der Waals surface area contributed by atoms with E-state index in [1.807, 2.05) is 12.1 Å². The van der Waals surface area contributed by atoms with Crippen molar-refractivity contribution < 1.29 is 0 Å². The van der Waals surface area contributed by atoms with E-state index >= 15 is 0 Å². The van der Waals surface area contributed by atoms with Gasteiger partial charge in [0.15, 0.2) is 33.6 Å². The summed E-state index contributed by atoms with van der Waals surface area (Å²) in [5, 5.41) is 10.1.